The molecule has 1 aromatic carbocycles. The van der Waals surface area contributed by atoms with Crippen LogP contribution >= 0.6 is 0 Å². The van der Waals surface area contributed by atoms with Gasteiger partial charge in [0.2, 0.25) is 21.8 Å². The molecule has 0 spiro atoms. The van der Waals surface area contributed by atoms with Crippen molar-refractivity contribution in [2.45, 2.75) is 78.7 Å². The molecule has 1 aromatic heterocycles. The van der Waals surface area contributed by atoms with E-state index in [0.717, 1.165) is 23.0 Å². The lowest BCUT2D eigenvalue weighted by Gasteiger charge is -2.36. The fraction of sp³-hybridized carbons (Fsp3) is 0.588. The van der Waals surface area contributed by atoms with Crippen LogP contribution in [0.5, 0.6) is 0 Å². The van der Waals surface area contributed by atoms with E-state index in [4.69, 9.17) is 0 Å². The third kappa shape index (κ3) is 8.42. The minimum Gasteiger partial charge on any atom is -0.481 e. The molecule has 256 valence electrons. The lowest BCUT2D eigenvalue weighted by Crippen LogP contribution is -2.51. The monoisotopic (exact) mass is 670 g/mol. The smallest absolute Gasteiger partial charge is 0.305 e. The van der Waals surface area contributed by atoms with Crippen LogP contribution < -0.4 is 15.4 Å². The number of fused-ring (bicyclic) bond motifs is 3. The molecule has 2 amide bonds. The topological polar surface area (TPSA) is 189 Å². The highest BCUT2D eigenvalue weighted by Crippen LogP contribution is 2.64. The summed E-state index contributed by atoms with van der Waals surface area (Å²) in [5.41, 5.74) is 0.277. The molecular weight excluding hydrogens is 624 g/mol. The third-order valence-corrected chi connectivity index (χ3v) is 11.7. The van der Waals surface area contributed by atoms with Crippen molar-refractivity contribution in [3.63, 3.8) is 0 Å². The number of nitrogens with one attached hydrogen (secondary N) is 3. The Morgan fingerprint density at radius 3 is 2.43 bits per heavy atom. The van der Waals surface area contributed by atoms with Crippen molar-refractivity contribution < 1.29 is 37.5 Å². The number of rotatable bonds is 17. The van der Waals surface area contributed by atoms with Gasteiger partial charge in [-0.3, -0.25) is 29.0 Å². The van der Waals surface area contributed by atoms with Gasteiger partial charge in [-0.2, -0.15) is 0 Å². The van der Waals surface area contributed by atoms with Crippen LogP contribution in [0.4, 0.5) is 0 Å². The zero-order valence-corrected chi connectivity index (χ0v) is 28.3. The van der Waals surface area contributed by atoms with Crippen LogP contribution in [0, 0.1) is 28.6 Å². The van der Waals surface area contributed by atoms with Crippen molar-refractivity contribution in [1.29, 1.82) is 0 Å². The number of carboxylic acids is 1. The zero-order valence-electron chi connectivity index (χ0n) is 27.5. The Kier molecular flexibility index (Phi) is 11.2. The van der Waals surface area contributed by atoms with Crippen LogP contribution in [0.25, 0.3) is 10.9 Å². The first-order valence-electron chi connectivity index (χ1n) is 16.2. The number of aryl methyl sites for hydroxylation is 1. The predicted molar refractivity (Wildman–Crippen MR) is 176 cm³/mol. The highest BCUT2D eigenvalue weighted by atomic mass is 32.2. The van der Waals surface area contributed by atoms with E-state index in [2.05, 4.69) is 20.3 Å². The lowest BCUT2D eigenvalue weighted by atomic mass is 9.70. The Labute approximate surface area is 275 Å². The summed E-state index contributed by atoms with van der Waals surface area (Å²) in [6.07, 6.45) is 1.91. The van der Waals surface area contributed by atoms with Crippen LogP contribution in [-0.2, 0) is 40.4 Å². The van der Waals surface area contributed by atoms with E-state index < -0.39 is 69.2 Å². The van der Waals surface area contributed by atoms with E-state index in [1.54, 1.807) is 13.8 Å². The van der Waals surface area contributed by atoms with Gasteiger partial charge in [-0.25, -0.2) is 13.1 Å². The van der Waals surface area contributed by atoms with Gasteiger partial charge in [0.05, 0.1) is 30.3 Å². The number of hydrogen-bond acceptors (Lipinski definition) is 8. The first kappa shape index (κ1) is 36.1. The second-order valence-corrected chi connectivity index (χ2v) is 15.7. The average Bonchev–Trinajstić information content (AvgIpc) is 3.34. The number of para-hydroxylation sites is 1. The minimum atomic E-state index is -4.09. The SMILES string of the molecule is CC(C)C(CC(=O)NCCCc1ccc2ccccc2n1)C(=O)NC(CC(=O)O)C(=O)CNS(=O)(=O)CC12CCC(CC1=O)C2(C)C. The minimum absolute atomic E-state index is 0.0860. The summed E-state index contributed by atoms with van der Waals surface area (Å²) >= 11 is 0. The maximum absolute atomic E-state index is 13.2. The van der Waals surface area contributed by atoms with Crippen molar-refractivity contribution in [1.82, 2.24) is 20.3 Å². The number of hydrogen-bond donors (Lipinski definition) is 4. The van der Waals surface area contributed by atoms with Gasteiger partial charge in [0.15, 0.2) is 5.78 Å². The molecule has 2 saturated carbocycles. The summed E-state index contributed by atoms with van der Waals surface area (Å²) in [4.78, 5) is 68.1. The second kappa shape index (κ2) is 14.6. The van der Waals surface area contributed by atoms with E-state index in [1.807, 2.05) is 50.2 Å². The Hall–Kier alpha value is -3.71. The van der Waals surface area contributed by atoms with Crippen LogP contribution in [0.1, 0.15) is 71.9 Å². The van der Waals surface area contributed by atoms with Gasteiger partial charge >= 0.3 is 5.97 Å². The number of ketones is 2. The number of carbonyl (C=O) groups excluding carboxylic acids is 4. The van der Waals surface area contributed by atoms with Gasteiger partial charge in [-0.15, -0.1) is 0 Å². The molecule has 13 heteroatoms. The van der Waals surface area contributed by atoms with Gasteiger partial charge in [-0.1, -0.05) is 52.0 Å². The molecule has 47 heavy (non-hydrogen) atoms. The molecule has 4 rings (SSSR count). The predicted octanol–water partition coefficient (Wildman–Crippen LogP) is 2.79. The van der Waals surface area contributed by atoms with E-state index in [9.17, 15) is 37.5 Å². The average molecular weight is 671 g/mol. The number of carboxylic acid groups (broad SMARTS) is 1. The standard InChI is InChI=1S/C34H46N4O8S/c1-21(2)25(17-30(41)35-15-7-9-24-12-11-22-8-5-6-10-26(22)37-24)32(44)38-27(18-31(42)43)28(39)19-36-47(45,46)20-34-14-13-23(16-29(34)40)33(34,3)4/h5-6,8,10-12,21,23,25,27,36H,7,9,13-20H2,1-4H3,(H,35,41)(H,38,44)(H,42,43). The van der Waals surface area contributed by atoms with Gasteiger partial charge in [0.25, 0.3) is 0 Å². The van der Waals surface area contributed by atoms with Crippen molar-refractivity contribution in [3.8, 4) is 0 Å². The number of carbonyl (C=O) groups is 5. The van der Waals surface area contributed by atoms with Crippen LogP contribution in [-0.4, -0.2) is 72.7 Å². The van der Waals surface area contributed by atoms with Crippen LogP contribution in [0.3, 0.4) is 0 Å². The fourth-order valence-corrected chi connectivity index (χ4v) is 8.92. The summed E-state index contributed by atoms with van der Waals surface area (Å²) in [5, 5.41) is 15.7. The molecular formula is C34H46N4O8S. The Morgan fingerprint density at radius 1 is 1.06 bits per heavy atom. The first-order chi connectivity index (χ1) is 22.0. The van der Waals surface area contributed by atoms with Crippen molar-refractivity contribution in [3.05, 3.63) is 42.1 Å². The lowest BCUT2D eigenvalue weighted by molar-refractivity contribution is -0.141. The number of aliphatic carboxylic acids is 1. The molecule has 4 N–H and O–H groups in total. The maximum Gasteiger partial charge on any atom is 0.305 e. The maximum atomic E-state index is 13.2. The molecule has 0 saturated heterocycles. The van der Waals surface area contributed by atoms with Gasteiger partial charge in [-0.05, 0) is 55.1 Å². The molecule has 2 fully saturated rings. The summed E-state index contributed by atoms with van der Waals surface area (Å²) in [5.74, 6) is -4.83. The van der Waals surface area contributed by atoms with E-state index >= 15 is 0 Å². The molecule has 12 nitrogen and oxygen atoms in total. The molecule has 2 aliphatic rings. The highest BCUT2D eigenvalue weighted by Gasteiger charge is 2.65. The van der Waals surface area contributed by atoms with Crippen LogP contribution in [0.15, 0.2) is 36.4 Å². The van der Waals surface area contributed by atoms with Crippen molar-refractivity contribution >= 4 is 50.3 Å². The molecule has 2 aliphatic carbocycles. The Bertz CT molecular complexity index is 1640. The summed E-state index contributed by atoms with van der Waals surface area (Å²) < 4.78 is 28.4. The van der Waals surface area contributed by atoms with E-state index in [1.165, 1.54) is 0 Å². The largest absolute Gasteiger partial charge is 0.481 e. The van der Waals surface area contributed by atoms with Crippen molar-refractivity contribution in [2.75, 3.05) is 18.8 Å². The Balaban J connectivity index is 1.29. The molecule has 0 aliphatic heterocycles. The van der Waals surface area contributed by atoms with E-state index in [-0.39, 0.29) is 29.9 Å². The number of benzene rings is 1. The first-order valence-corrected chi connectivity index (χ1v) is 17.9. The number of pyridine rings is 1. The molecule has 1 heterocycles. The van der Waals surface area contributed by atoms with Crippen LogP contribution in [0.2, 0.25) is 0 Å². The number of aromatic nitrogens is 1. The molecule has 0 radical (unpaired) electrons. The fourth-order valence-electron chi connectivity index (χ4n) is 7.13. The van der Waals surface area contributed by atoms with Crippen molar-refractivity contribution in [2.24, 2.45) is 28.6 Å². The number of amides is 2. The summed E-state index contributed by atoms with van der Waals surface area (Å²) in [7, 11) is -4.09. The quantitative estimate of drug-likeness (QED) is 0.184. The molecule has 2 bridgehead atoms. The normalized spacial score (nSPS) is 21.5. The van der Waals surface area contributed by atoms with Gasteiger partial charge in [0.1, 0.15) is 5.78 Å². The number of nitrogens with zero attached hydrogens (tertiary/aromatic N) is 1. The summed E-state index contributed by atoms with van der Waals surface area (Å²) in [6, 6.07) is 10.2. The highest BCUT2D eigenvalue weighted by molar-refractivity contribution is 7.89. The number of sulfonamides is 1. The second-order valence-electron chi connectivity index (χ2n) is 13.9. The van der Waals surface area contributed by atoms with Gasteiger partial charge in [0, 0.05) is 41.8 Å². The third-order valence-electron chi connectivity index (χ3n) is 10.3. The molecule has 2 aromatic rings. The van der Waals surface area contributed by atoms with Gasteiger partial charge < -0.3 is 15.7 Å². The Morgan fingerprint density at radius 2 is 1.79 bits per heavy atom. The number of Topliss-reactive ketones (excluding diaryl/α,β-unsaturated/α-hetero) is 2. The molecule has 4 atom stereocenters. The zero-order chi connectivity index (χ0) is 34.6. The molecule has 4 unspecified atom stereocenters. The van der Waals surface area contributed by atoms with E-state index in [0.29, 0.717) is 32.2 Å². The summed E-state index contributed by atoms with van der Waals surface area (Å²) in [6.45, 7) is 6.92.